The number of hydrogen-bond acceptors (Lipinski definition) is 4. The highest BCUT2D eigenvalue weighted by atomic mass is 19.3. The number of benzene rings is 1. The van der Waals surface area contributed by atoms with Crippen LogP contribution in [-0.2, 0) is 10.2 Å². The monoisotopic (exact) mass is 411 g/mol. The number of aromatic amines is 1. The minimum absolute atomic E-state index is 0.0261. The van der Waals surface area contributed by atoms with Crippen molar-refractivity contribution in [3.8, 4) is 11.5 Å². The summed E-state index contributed by atoms with van der Waals surface area (Å²) in [6, 6.07) is 8.52. The van der Waals surface area contributed by atoms with Crippen LogP contribution in [0.4, 0.5) is 14.6 Å². The third-order valence-corrected chi connectivity index (χ3v) is 6.45. The summed E-state index contributed by atoms with van der Waals surface area (Å²) < 4.78 is 35.6. The summed E-state index contributed by atoms with van der Waals surface area (Å²) in [5.74, 6) is 0.789. The van der Waals surface area contributed by atoms with E-state index in [0.29, 0.717) is 30.1 Å². The van der Waals surface area contributed by atoms with Gasteiger partial charge in [-0.3, -0.25) is 4.79 Å². The van der Waals surface area contributed by atoms with Crippen molar-refractivity contribution in [2.24, 2.45) is 0 Å². The zero-order valence-electron chi connectivity index (χ0n) is 16.0. The number of nitrogens with zero attached hydrogens (tertiary/aromatic N) is 1. The third kappa shape index (κ3) is 2.74. The molecular weight excluding hydrogens is 392 g/mol. The van der Waals surface area contributed by atoms with Gasteiger partial charge in [-0.05, 0) is 61.4 Å². The lowest BCUT2D eigenvalue weighted by Gasteiger charge is -2.23. The molecule has 1 aliphatic heterocycles. The molecule has 0 radical (unpaired) electrons. The number of halogens is 2. The van der Waals surface area contributed by atoms with Gasteiger partial charge in [-0.2, -0.15) is 0 Å². The quantitative estimate of drug-likeness (QED) is 0.645. The molecule has 30 heavy (non-hydrogen) atoms. The second kappa shape index (κ2) is 5.93. The molecular formula is C22H19F2N3O3. The normalized spacial score (nSPS) is 20.7. The molecule has 6 nitrogen and oxygen atoms in total. The van der Waals surface area contributed by atoms with Crippen molar-refractivity contribution in [2.45, 2.75) is 49.7 Å². The van der Waals surface area contributed by atoms with Crippen molar-refractivity contribution in [2.75, 3.05) is 5.32 Å². The number of aromatic nitrogens is 2. The summed E-state index contributed by atoms with van der Waals surface area (Å²) in [6.45, 7) is 0. The topological polar surface area (TPSA) is 76.2 Å². The summed E-state index contributed by atoms with van der Waals surface area (Å²) in [5.41, 5.74) is 2.04. The number of rotatable bonds is 4. The first-order valence-corrected chi connectivity index (χ1v) is 10.1. The van der Waals surface area contributed by atoms with Crippen LogP contribution in [0.1, 0.15) is 49.3 Å². The summed E-state index contributed by atoms with van der Waals surface area (Å²) in [5, 5.41) is 3.91. The minimum Gasteiger partial charge on any atom is -0.395 e. The lowest BCUT2D eigenvalue weighted by molar-refractivity contribution is -0.286. The van der Waals surface area contributed by atoms with Gasteiger partial charge in [0, 0.05) is 11.1 Å². The fourth-order valence-electron chi connectivity index (χ4n) is 4.32. The number of pyridine rings is 1. The van der Waals surface area contributed by atoms with E-state index in [-0.39, 0.29) is 17.4 Å². The molecule has 1 amide bonds. The summed E-state index contributed by atoms with van der Waals surface area (Å²) >= 11 is 0. The Morgan fingerprint density at radius 2 is 1.93 bits per heavy atom. The number of anilines is 1. The molecule has 0 spiro atoms. The van der Waals surface area contributed by atoms with Crippen LogP contribution in [0.25, 0.3) is 10.9 Å². The van der Waals surface area contributed by atoms with Crippen molar-refractivity contribution in [1.82, 2.24) is 9.97 Å². The summed E-state index contributed by atoms with van der Waals surface area (Å²) in [7, 11) is 0. The summed E-state index contributed by atoms with van der Waals surface area (Å²) in [4.78, 5) is 20.8. The maximum Gasteiger partial charge on any atom is 0.586 e. The predicted octanol–water partition coefficient (Wildman–Crippen LogP) is 4.82. The van der Waals surface area contributed by atoms with Gasteiger partial charge in [-0.25, -0.2) is 4.98 Å². The van der Waals surface area contributed by atoms with Gasteiger partial charge in [-0.15, -0.1) is 8.78 Å². The molecule has 2 saturated carbocycles. The smallest absolute Gasteiger partial charge is 0.395 e. The first-order valence-electron chi connectivity index (χ1n) is 10.1. The van der Waals surface area contributed by atoms with Crippen molar-refractivity contribution >= 4 is 22.6 Å². The van der Waals surface area contributed by atoms with Gasteiger partial charge in [-0.1, -0.05) is 12.5 Å². The number of ether oxygens (including phenoxy) is 2. The fourth-order valence-corrected chi connectivity index (χ4v) is 4.32. The number of nitrogens with one attached hydrogen (secondary N) is 2. The summed E-state index contributed by atoms with van der Waals surface area (Å²) in [6.07, 6.45) is 2.99. The van der Waals surface area contributed by atoms with Crippen LogP contribution in [0.15, 0.2) is 36.5 Å². The van der Waals surface area contributed by atoms with Gasteiger partial charge in [0.2, 0.25) is 5.91 Å². The van der Waals surface area contributed by atoms with E-state index in [1.807, 2.05) is 6.07 Å². The molecule has 2 N–H and O–H groups in total. The standard InChI is InChI=1S/C22H19F2N3O3/c23-22(24)29-17-5-4-14(10-18(17)30-22)21(6-7-21)20(28)27-19-9-13-8-15(12-2-1-3-12)26-16(13)11-25-19/h4-5,8-12,26H,1-3,6-7H2,(H,25,27,28). The number of carbonyl (C=O) groups excluding carboxylic acids is 1. The van der Waals surface area contributed by atoms with E-state index in [4.69, 9.17) is 0 Å². The highest BCUT2D eigenvalue weighted by molar-refractivity contribution is 6.01. The molecule has 154 valence electrons. The van der Waals surface area contributed by atoms with Gasteiger partial charge in [0.15, 0.2) is 11.5 Å². The molecule has 0 atom stereocenters. The van der Waals surface area contributed by atoms with E-state index < -0.39 is 11.7 Å². The number of fused-ring (bicyclic) bond motifs is 2. The van der Waals surface area contributed by atoms with Crippen molar-refractivity contribution < 1.29 is 23.0 Å². The Bertz CT molecular complexity index is 1180. The number of hydrogen-bond donors (Lipinski definition) is 2. The molecule has 2 aliphatic carbocycles. The van der Waals surface area contributed by atoms with Crippen LogP contribution < -0.4 is 14.8 Å². The maximum absolute atomic E-state index is 13.3. The van der Waals surface area contributed by atoms with Gasteiger partial charge >= 0.3 is 6.29 Å². The average Bonchev–Trinajstić information content (AvgIpc) is 3.27. The molecule has 3 aromatic rings. The first-order chi connectivity index (χ1) is 14.4. The van der Waals surface area contributed by atoms with E-state index in [0.717, 1.165) is 10.9 Å². The molecule has 3 heterocycles. The number of amides is 1. The Morgan fingerprint density at radius 3 is 2.67 bits per heavy atom. The Balaban J connectivity index is 1.24. The van der Waals surface area contributed by atoms with Crippen LogP contribution >= 0.6 is 0 Å². The molecule has 0 bridgehead atoms. The first kappa shape index (κ1) is 17.7. The van der Waals surface area contributed by atoms with Crippen LogP contribution in [0.2, 0.25) is 0 Å². The highest BCUT2D eigenvalue weighted by Crippen LogP contribution is 2.52. The fraction of sp³-hybridized carbons (Fsp3) is 0.364. The molecule has 2 fully saturated rings. The molecule has 3 aliphatic rings. The highest BCUT2D eigenvalue weighted by Gasteiger charge is 2.53. The van der Waals surface area contributed by atoms with Gasteiger partial charge in [0.05, 0.1) is 17.1 Å². The van der Waals surface area contributed by atoms with Crippen LogP contribution in [0.5, 0.6) is 11.5 Å². The largest absolute Gasteiger partial charge is 0.586 e. The SMILES string of the molecule is O=C(Nc1cc2cc(C3CCC3)[nH]c2cn1)C1(c2ccc3c(c2)OC(F)(F)O3)CC1. The van der Waals surface area contributed by atoms with Gasteiger partial charge in [0.1, 0.15) is 5.82 Å². The third-order valence-electron chi connectivity index (χ3n) is 6.45. The van der Waals surface area contributed by atoms with E-state index >= 15 is 0 Å². The molecule has 8 heteroatoms. The Labute approximate surface area is 170 Å². The Kier molecular flexibility index (Phi) is 3.50. The zero-order chi connectivity index (χ0) is 20.5. The minimum atomic E-state index is -3.67. The van der Waals surface area contributed by atoms with Gasteiger partial charge in [0.25, 0.3) is 0 Å². The molecule has 2 aromatic heterocycles. The van der Waals surface area contributed by atoms with E-state index in [2.05, 4.69) is 30.8 Å². The maximum atomic E-state index is 13.3. The van der Waals surface area contributed by atoms with Crippen molar-refractivity contribution in [3.63, 3.8) is 0 Å². The number of H-pyrrole nitrogens is 1. The second-order valence-corrected chi connectivity index (χ2v) is 8.37. The molecule has 6 rings (SSSR count). The number of carbonyl (C=O) groups is 1. The van der Waals surface area contributed by atoms with E-state index in [1.54, 1.807) is 12.3 Å². The molecule has 0 unspecified atom stereocenters. The number of alkyl halides is 2. The molecule has 1 aromatic carbocycles. The van der Waals surface area contributed by atoms with Crippen LogP contribution in [0.3, 0.4) is 0 Å². The van der Waals surface area contributed by atoms with Crippen molar-refractivity contribution in [1.29, 1.82) is 0 Å². The zero-order valence-corrected chi connectivity index (χ0v) is 16.0. The van der Waals surface area contributed by atoms with Crippen LogP contribution in [-0.4, -0.2) is 22.2 Å². The average molecular weight is 411 g/mol. The van der Waals surface area contributed by atoms with Crippen molar-refractivity contribution in [3.05, 3.63) is 47.8 Å². The molecule has 0 saturated heterocycles. The second-order valence-electron chi connectivity index (χ2n) is 8.37. The predicted molar refractivity (Wildman–Crippen MR) is 105 cm³/mol. The van der Waals surface area contributed by atoms with E-state index in [1.165, 1.54) is 37.1 Å². The van der Waals surface area contributed by atoms with Crippen LogP contribution in [0, 0.1) is 0 Å². The lowest BCUT2D eigenvalue weighted by Crippen LogP contribution is -2.28. The Morgan fingerprint density at radius 1 is 1.13 bits per heavy atom. The lowest BCUT2D eigenvalue weighted by atomic mass is 9.83. The van der Waals surface area contributed by atoms with E-state index in [9.17, 15) is 13.6 Å². The Hall–Kier alpha value is -3.16. The van der Waals surface area contributed by atoms with Gasteiger partial charge < -0.3 is 19.8 Å².